The number of aromatic amines is 1. The van der Waals surface area contributed by atoms with Gasteiger partial charge in [-0.3, -0.25) is 19.4 Å². The van der Waals surface area contributed by atoms with Crippen LogP contribution in [0.3, 0.4) is 0 Å². The molecule has 1 saturated heterocycles. The van der Waals surface area contributed by atoms with E-state index < -0.39 is 11.2 Å². The highest BCUT2D eigenvalue weighted by Gasteiger charge is 2.13. The van der Waals surface area contributed by atoms with E-state index in [0.29, 0.717) is 6.54 Å². The van der Waals surface area contributed by atoms with Crippen molar-refractivity contribution < 1.29 is 5.11 Å². The van der Waals surface area contributed by atoms with E-state index in [0.717, 1.165) is 51.6 Å². The van der Waals surface area contributed by atoms with Gasteiger partial charge in [-0.2, -0.15) is 5.10 Å². The average Bonchev–Trinajstić information content (AvgIpc) is 2.82. The zero-order chi connectivity index (χ0) is 17.4. The molecule has 1 aromatic rings. The summed E-state index contributed by atoms with van der Waals surface area (Å²) in [5, 5.41) is 16.6. The van der Waals surface area contributed by atoms with Crippen LogP contribution in [0.4, 0.5) is 0 Å². The number of hydrogen-bond donors (Lipinski definition) is 2. The van der Waals surface area contributed by atoms with Crippen molar-refractivity contribution in [2.24, 2.45) is 5.10 Å². The highest BCUT2D eigenvalue weighted by Crippen LogP contribution is 2.12. The summed E-state index contributed by atoms with van der Waals surface area (Å²) in [5.74, 6) is -0.293. The van der Waals surface area contributed by atoms with E-state index in [1.54, 1.807) is 0 Å². The Labute approximate surface area is 142 Å². The quantitative estimate of drug-likeness (QED) is 0.589. The van der Waals surface area contributed by atoms with Crippen LogP contribution in [0.2, 0.25) is 0 Å². The molecular formula is C17H28N4O3. The van der Waals surface area contributed by atoms with E-state index in [1.807, 2.05) is 5.01 Å². The van der Waals surface area contributed by atoms with Crippen molar-refractivity contribution in [3.63, 3.8) is 0 Å². The van der Waals surface area contributed by atoms with Crippen LogP contribution in [0.1, 0.15) is 63.9 Å². The normalized spacial score (nSPS) is 15.8. The topological polar surface area (TPSA) is 90.7 Å². The van der Waals surface area contributed by atoms with Gasteiger partial charge < -0.3 is 5.11 Å². The van der Waals surface area contributed by atoms with Gasteiger partial charge in [-0.25, -0.2) is 4.79 Å². The summed E-state index contributed by atoms with van der Waals surface area (Å²) in [6, 6.07) is 0. The first kappa shape index (κ1) is 18.3. The van der Waals surface area contributed by atoms with Gasteiger partial charge in [0.1, 0.15) is 5.56 Å². The van der Waals surface area contributed by atoms with Crippen molar-refractivity contribution in [3.8, 4) is 5.88 Å². The van der Waals surface area contributed by atoms with Gasteiger partial charge in [-0.1, -0.05) is 39.0 Å². The number of unbranched alkanes of at least 4 members (excludes halogenated alkanes) is 3. The van der Waals surface area contributed by atoms with Gasteiger partial charge in [0.15, 0.2) is 0 Å². The molecule has 1 aliphatic rings. The number of hydrazone groups is 1. The Morgan fingerprint density at radius 2 is 1.83 bits per heavy atom. The largest absolute Gasteiger partial charge is 0.494 e. The molecule has 0 radical (unpaired) electrons. The zero-order valence-electron chi connectivity index (χ0n) is 14.5. The summed E-state index contributed by atoms with van der Waals surface area (Å²) in [4.78, 5) is 26.2. The lowest BCUT2D eigenvalue weighted by Gasteiger charge is -2.15. The average molecular weight is 336 g/mol. The highest BCUT2D eigenvalue weighted by molar-refractivity contribution is 5.81. The molecule has 7 nitrogen and oxygen atoms in total. The fourth-order valence-electron chi connectivity index (χ4n) is 2.90. The van der Waals surface area contributed by atoms with Crippen LogP contribution in [-0.4, -0.2) is 39.0 Å². The maximum atomic E-state index is 12.0. The van der Waals surface area contributed by atoms with Crippen molar-refractivity contribution >= 4 is 6.21 Å². The fraction of sp³-hybridized carbons (Fsp3) is 0.706. The standard InChI is InChI=1S/C17H28N4O3/c1-2-3-4-9-12-21-16(23)14(15(22)19-17(21)24)13-18-20-10-7-5-6-8-11-20/h13,23H,2-12H2,1H3,(H,19,22,24). The van der Waals surface area contributed by atoms with Crippen LogP contribution in [-0.2, 0) is 6.54 Å². The third-order valence-electron chi connectivity index (χ3n) is 4.37. The second kappa shape index (κ2) is 9.30. The summed E-state index contributed by atoms with van der Waals surface area (Å²) in [7, 11) is 0. The van der Waals surface area contributed by atoms with Gasteiger partial charge in [-0.05, 0) is 19.3 Å². The third-order valence-corrected chi connectivity index (χ3v) is 4.37. The SMILES string of the molecule is CCCCCCn1c(O)c(C=NN2CCCCCC2)c(=O)[nH]c1=O. The lowest BCUT2D eigenvalue weighted by atomic mass is 10.2. The minimum absolute atomic E-state index is 0.0503. The predicted octanol–water partition coefficient (Wildman–Crippen LogP) is 2.03. The number of rotatable bonds is 7. The van der Waals surface area contributed by atoms with Crippen molar-refractivity contribution in [1.29, 1.82) is 0 Å². The molecule has 24 heavy (non-hydrogen) atoms. The molecule has 0 atom stereocenters. The molecule has 1 aliphatic heterocycles. The minimum Gasteiger partial charge on any atom is -0.494 e. The molecule has 0 amide bonds. The van der Waals surface area contributed by atoms with E-state index >= 15 is 0 Å². The lowest BCUT2D eigenvalue weighted by Crippen LogP contribution is -2.32. The molecule has 0 bridgehead atoms. The second-order valence-electron chi connectivity index (χ2n) is 6.32. The van der Waals surface area contributed by atoms with Crippen LogP contribution in [0.15, 0.2) is 14.7 Å². The second-order valence-corrected chi connectivity index (χ2v) is 6.32. The van der Waals surface area contributed by atoms with Gasteiger partial charge in [0.25, 0.3) is 5.56 Å². The first-order valence-electron chi connectivity index (χ1n) is 8.98. The molecule has 0 unspecified atom stereocenters. The molecule has 0 aromatic carbocycles. The van der Waals surface area contributed by atoms with Crippen LogP contribution in [0, 0.1) is 0 Å². The Balaban J connectivity index is 2.16. The Morgan fingerprint density at radius 1 is 1.12 bits per heavy atom. The lowest BCUT2D eigenvalue weighted by molar-refractivity contribution is 0.302. The van der Waals surface area contributed by atoms with Gasteiger partial charge in [0.05, 0.1) is 6.21 Å². The van der Waals surface area contributed by atoms with E-state index in [4.69, 9.17) is 0 Å². The molecule has 1 aromatic heterocycles. The van der Waals surface area contributed by atoms with E-state index in [-0.39, 0.29) is 11.4 Å². The van der Waals surface area contributed by atoms with Crippen molar-refractivity contribution in [1.82, 2.24) is 14.6 Å². The first-order chi connectivity index (χ1) is 11.6. The molecule has 134 valence electrons. The van der Waals surface area contributed by atoms with Gasteiger partial charge in [0, 0.05) is 19.6 Å². The van der Waals surface area contributed by atoms with Gasteiger partial charge >= 0.3 is 5.69 Å². The molecule has 2 rings (SSSR count). The molecular weight excluding hydrogens is 308 g/mol. The zero-order valence-corrected chi connectivity index (χ0v) is 14.5. The maximum Gasteiger partial charge on any atom is 0.331 e. The summed E-state index contributed by atoms with van der Waals surface area (Å²) in [6.07, 6.45) is 9.88. The summed E-state index contributed by atoms with van der Waals surface area (Å²) in [5.41, 5.74) is -1.11. The highest BCUT2D eigenvalue weighted by atomic mass is 16.3. The Morgan fingerprint density at radius 3 is 2.50 bits per heavy atom. The predicted molar refractivity (Wildman–Crippen MR) is 94.8 cm³/mol. The molecule has 2 N–H and O–H groups in total. The number of aromatic hydroxyl groups is 1. The number of hydrogen-bond acceptors (Lipinski definition) is 5. The Kier molecular flexibility index (Phi) is 7.08. The summed E-state index contributed by atoms with van der Waals surface area (Å²) < 4.78 is 1.22. The van der Waals surface area contributed by atoms with E-state index in [9.17, 15) is 14.7 Å². The fourth-order valence-corrected chi connectivity index (χ4v) is 2.90. The van der Waals surface area contributed by atoms with Crippen molar-refractivity contribution in [3.05, 3.63) is 26.4 Å². The van der Waals surface area contributed by atoms with Crippen LogP contribution in [0.25, 0.3) is 0 Å². The maximum absolute atomic E-state index is 12.0. The van der Waals surface area contributed by atoms with Crippen LogP contribution >= 0.6 is 0 Å². The molecule has 0 aliphatic carbocycles. The van der Waals surface area contributed by atoms with Crippen molar-refractivity contribution in [2.45, 2.75) is 64.8 Å². The summed E-state index contributed by atoms with van der Waals surface area (Å²) in [6.45, 7) is 4.21. The molecule has 0 saturated carbocycles. The first-order valence-corrected chi connectivity index (χ1v) is 8.98. The third kappa shape index (κ3) is 4.97. The molecule has 1 fully saturated rings. The van der Waals surface area contributed by atoms with Crippen molar-refractivity contribution in [2.75, 3.05) is 13.1 Å². The number of H-pyrrole nitrogens is 1. The van der Waals surface area contributed by atoms with Gasteiger partial charge in [-0.15, -0.1) is 0 Å². The number of aromatic nitrogens is 2. The van der Waals surface area contributed by atoms with E-state index in [2.05, 4.69) is 17.0 Å². The van der Waals surface area contributed by atoms with Crippen LogP contribution in [0.5, 0.6) is 5.88 Å². The minimum atomic E-state index is -0.596. The number of nitrogens with zero attached hydrogens (tertiary/aromatic N) is 3. The molecule has 2 heterocycles. The van der Waals surface area contributed by atoms with Crippen LogP contribution < -0.4 is 11.2 Å². The Hall–Kier alpha value is -2.05. The van der Waals surface area contributed by atoms with Gasteiger partial charge in [0.2, 0.25) is 5.88 Å². The smallest absolute Gasteiger partial charge is 0.331 e. The number of nitrogens with one attached hydrogen (secondary N) is 1. The summed E-state index contributed by atoms with van der Waals surface area (Å²) >= 11 is 0. The Bertz CT molecular complexity index is 655. The molecule has 0 spiro atoms. The molecule has 7 heteroatoms. The van der Waals surface area contributed by atoms with E-state index in [1.165, 1.54) is 23.6 Å². The monoisotopic (exact) mass is 336 g/mol.